The molecule has 10 heteroatoms. The fourth-order valence-electron chi connectivity index (χ4n) is 2.92. The van der Waals surface area contributed by atoms with E-state index in [-0.39, 0.29) is 4.90 Å². The average Bonchev–Trinajstić information content (AvgIpc) is 3.19. The summed E-state index contributed by atoms with van der Waals surface area (Å²) in [7, 11) is -1.77. The predicted octanol–water partition coefficient (Wildman–Crippen LogP) is 2.03. The summed E-state index contributed by atoms with van der Waals surface area (Å²) in [5.41, 5.74) is 3.09. The van der Waals surface area contributed by atoms with Crippen LogP contribution in [-0.4, -0.2) is 47.9 Å². The second-order valence-electron chi connectivity index (χ2n) is 6.49. The Labute approximate surface area is 174 Å². The Morgan fingerprint density at radius 3 is 2.63 bits per heavy atom. The normalized spacial score (nSPS) is 11.6. The second kappa shape index (κ2) is 8.57. The molecule has 3 heterocycles. The number of benzene rings is 1. The van der Waals surface area contributed by atoms with Gasteiger partial charge in [0.25, 0.3) is 0 Å². The maximum Gasteiger partial charge on any atom is 0.240 e. The van der Waals surface area contributed by atoms with E-state index in [0.717, 1.165) is 17.0 Å². The molecule has 0 radical (unpaired) electrons. The first-order valence-corrected chi connectivity index (χ1v) is 10.8. The molecule has 4 aromatic rings. The van der Waals surface area contributed by atoms with Crippen molar-refractivity contribution in [3.05, 3.63) is 67.1 Å². The molecule has 1 aromatic carbocycles. The van der Waals surface area contributed by atoms with Crippen molar-refractivity contribution < 1.29 is 8.42 Å². The number of fused-ring (bicyclic) bond motifs is 1. The molecule has 154 valence electrons. The molecule has 0 bridgehead atoms. The van der Waals surface area contributed by atoms with Gasteiger partial charge in [-0.05, 0) is 49.5 Å². The molecular formula is C20H21N7O2S. The number of sulfonamides is 1. The van der Waals surface area contributed by atoms with Crippen LogP contribution in [-0.2, 0) is 10.0 Å². The molecule has 30 heavy (non-hydrogen) atoms. The summed E-state index contributed by atoms with van der Waals surface area (Å²) in [5.74, 6) is 0.404. The van der Waals surface area contributed by atoms with Gasteiger partial charge in [0, 0.05) is 31.2 Å². The molecule has 0 amide bonds. The van der Waals surface area contributed by atoms with Gasteiger partial charge in [-0.1, -0.05) is 6.07 Å². The average molecular weight is 424 g/mol. The topological polar surface area (TPSA) is 113 Å². The molecule has 0 saturated heterocycles. The third kappa shape index (κ3) is 4.30. The maximum absolute atomic E-state index is 12.3. The SMILES string of the molecule is CNCCNS(=O)(=O)c1ccc(Nc2nccc(-c3cnc4ccccn34)n2)cc1. The molecular weight excluding hydrogens is 402 g/mol. The van der Waals surface area contributed by atoms with Crippen LogP contribution >= 0.6 is 0 Å². The highest BCUT2D eigenvalue weighted by Gasteiger charge is 2.13. The molecule has 3 N–H and O–H groups in total. The van der Waals surface area contributed by atoms with Gasteiger partial charge in [-0.2, -0.15) is 0 Å². The monoisotopic (exact) mass is 423 g/mol. The van der Waals surface area contributed by atoms with Crippen LogP contribution in [0.5, 0.6) is 0 Å². The molecule has 0 aliphatic heterocycles. The molecule has 0 aliphatic carbocycles. The number of likely N-dealkylation sites (N-methyl/N-ethyl adjacent to an activating group) is 1. The van der Waals surface area contributed by atoms with Crippen molar-refractivity contribution in [3.8, 4) is 11.4 Å². The van der Waals surface area contributed by atoms with Crippen LogP contribution in [0.15, 0.2) is 72.0 Å². The minimum Gasteiger partial charge on any atom is -0.324 e. The van der Waals surface area contributed by atoms with Crippen molar-refractivity contribution in [2.45, 2.75) is 4.90 Å². The summed E-state index contributed by atoms with van der Waals surface area (Å²) in [4.78, 5) is 13.4. The van der Waals surface area contributed by atoms with Crippen molar-refractivity contribution in [3.63, 3.8) is 0 Å². The Morgan fingerprint density at radius 1 is 1.00 bits per heavy atom. The number of aromatic nitrogens is 4. The number of nitrogens with one attached hydrogen (secondary N) is 3. The number of hydrogen-bond acceptors (Lipinski definition) is 7. The molecule has 0 saturated carbocycles. The highest BCUT2D eigenvalue weighted by atomic mass is 32.2. The van der Waals surface area contributed by atoms with Crippen LogP contribution in [0.2, 0.25) is 0 Å². The molecule has 0 atom stereocenters. The fourth-order valence-corrected chi connectivity index (χ4v) is 3.96. The largest absolute Gasteiger partial charge is 0.324 e. The van der Waals surface area contributed by atoms with E-state index in [1.165, 1.54) is 0 Å². The zero-order valence-corrected chi connectivity index (χ0v) is 17.1. The number of pyridine rings is 1. The number of hydrogen-bond donors (Lipinski definition) is 3. The number of rotatable bonds is 8. The van der Waals surface area contributed by atoms with E-state index < -0.39 is 10.0 Å². The minimum atomic E-state index is -3.54. The van der Waals surface area contributed by atoms with Gasteiger partial charge in [0.05, 0.1) is 22.5 Å². The highest BCUT2D eigenvalue weighted by Crippen LogP contribution is 2.21. The van der Waals surface area contributed by atoms with Crippen LogP contribution in [0, 0.1) is 0 Å². The Bertz CT molecular complexity index is 1250. The van der Waals surface area contributed by atoms with Crippen molar-refractivity contribution in [1.29, 1.82) is 0 Å². The van der Waals surface area contributed by atoms with Gasteiger partial charge in [-0.15, -0.1) is 0 Å². The van der Waals surface area contributed by atoms with Crippen LogP contribution in [0.1, 0.15) is 0 Å². The summed E-state index contributed by atoms with van der Waals surface area (Å²) < 4.78 is 29.0. The molecule has 0 unspecified atom stereocenters. The third-order valence-electron chi connectivity index (χ3n) is 4.42. The summed E-state index contributed by atoms with van der Waals surface area (Å²) in [6.45, 7) is 0.877. The molecule has 4 rings (SSSR count). The Balaban J connectivity index is 1.52. The van der Waals surface area contributed by atoms with Crippen molar-refractivity contribution >= 4 is 27.3 Å². The molecule has 0 fully saturated rings. The lowest BCUT2D eigenvalue weighted by molar-refractivity contribution is 0.579. The maximum atomic E-state index is 12.3. The van der Waals surface area contributed by atoms with Gasteiger partial charge in [0.15, 0.2) is 0 Å². The van der Waals surface area contributed by atoms with Crippen LogP contribution in [0.4, 0.5) is 11.6 Å². The molecule has 3 aromatic heterocycles. The summed E-state index contributed by atoms with van der Waals surface area (Å²) >= 11 is 0. The van der Waals surface area contributed by atoms with E-state index in [4.69, 9.17) is 0 Å². The van der Waals surface area contributed by atoms with Gasteiger partial charge < -0.3 is 10.6 Å². The lowest BCUT2D eigenvalue weighted by Crippen LogP contribution is -2.30. The van der Waals surface area contributed by atoms with E-state index in [1.807, 2.05) is 34.9 Å². The fraction of sp³-hybridized carbons (Fsp3) is 0.150. The molecule has 0 aliphatic rings. The summed E-state index contributed by atoms with van der Waals surface area (Å²) in [5, 5.41) is 6.00. The number of imidazole rings is 1. The van der Waals surface area contributed by atoms with Crippen molar-refractivity contribution in [2.24, 2.45) is 0 Å². The first kappa shape index (κ1) is 20.0. The molecule has 9 nitrogen and oxygen atoms in total. The number of nitrogens with zero attached hydrogens (tertiary/aromatic N) is 4. The standard InChI is InChI=1S/C20H21N7O2S/c1-21-11-12-24-30(28,29)16-7-5-15(6-8-16)25-20-22-10-9-17(26-20)18-14-23-19-4-2-3-13-27(18)19/h2-10,13-14,21,24H,11-12H2,1H3,(H,22,25,26). The van der Waals surface area contributed by atoms with Gasteiger partial charge in [0.1, 0.15) is 5.65 Å². The first-order valence-electron chi connectivity index (χ1n) is 9.34. The third-order valence-corrected chi connectivity index (χ3v) is 5.90. The van der Waals surface area contributed by atoms with Gasteiger partial charge in [-0.25, -0.2) is 28.1 Å². The Hall–Kier alpha value is -3.34. The Morgan fingerprint density at radius 2 is 1.83 bits per heavy atom. The van der Waals surface area contributed by atoms with Crippen molar-refractivity contribution in [2.75, 3.05) is 25.5 Å². The van der Waals surface area contributed by atoms with E-state index in [1.54, 1.807) is 43.7 Å². The van der Waals surface area contributed by atoms with Gasteiger partial charge >= 0.3 is 0 Å². The second-order valence-corrected chi connectivity index (χ2v) is 8.26. The lowest BCUT2D eigenvalue weighted by atomic mass is 10.3. The van der Waals surface area contributed by atoms with Crippen LogP contribution in [0.3, 0.4) is 0 Å². The Kier molecular flexibility index (Phi) is 5.70. The first-order chi connectivity index (χ1) is 14.6. The highest BCUT2D eigenvalue weighted by molar-refractivity contribution is 7.89. The van der Waals surface area contributed by atoms with E-state index >= 15 is 0 Å². The van der Waals surface area contributed by atoms with Gasteiger partial charge in [0.2, 0.25) is 16.0 Å². The minimum absolute atomic E-state index is 0.199. The van der Waals surface area contributed by atoms with Gasteiger partial charge in [-0.3, -0.25) is 4.40 Å². The number of anilines is 2. The van der Waals surface area contributed by atoms with E-state index in [0.29, 0.717) is 24.7 Å². The zero-order valence-electron chi connectivity index (χ0n) is 16.3. The quantitative estimate of drug-likeness (QED) is 0.372. The van der Waals surface area contributed by atoms with Crippen LogP contribution in [0.25, 0.3) is 17.0 Å². The van der Waals surface area contributed by atoms with Crippen molar-refractivity contribution in [1.82, 2.24) is 29.4 Å². The summed E-state index contributed by atoms with van der Waals surface area (Å²) in [6.07, 6.45) is 5.36. The smallest absolute Gasteiger partial charge is 0.240 e. The van der Waals surface area contributed by atoms with E-state index in [9.17, 15) is 8.42 Å². The predicted molar refractivity (Wildman–Crippen MR) is 115 cm³/mol. The van der Waals surface area contributed by atoms with Crippen LogP contribution < -0.4 is 15.4 Å². The lowest BCUT2D eigenvalue weighted by Gasteiger charge is -2.09. The van der Waals surface area contributed by atoms with E-state index in [2.05, 4.69) is 30.3 Å². The molecule has 0 spiro atoms. The summed E-state index contributed by atoms with van der Waals surface area (Å²) in [6, 6.07) is 14.0. The zero-order chi connectivity index (χ0) is 21.0.